The molecule has 0 bridgehead atoms. The molecule has 1 aromatic rings. The Morgan fingerprint density at radius 2 is 2.12 bits per heavy atom. The first-order valence-corrected chi connectivity index (χ1v) is 6.05. The summed E-state index contributed by atoms with van der Waals surface area (Å²) < 4.78 is 7.30. The summed E-state index contributed by atoms with van der Waals surface area (Å²) in [4.78, 5) is 4.26. The summed E-state index contributed by atoms with van der Waals surface area (Å²) in [5.41, 5.74) is 5.94. The predicted octanol–water partition coefficient (Wildman–Crippen LogP) is 1.54. The van der Waals surface area contributed by atoms with Crippen molar-refractivity contribution in [1.29, 1.82) is 0 Å². The molecule has 5 nitrogen and oxygen atoms in total. The number of aromatic nitrogens is 3. The molecule has 1 aromatic heterocycles. The fourth-order valence-corrected chi connectivity index (χ4v) is 1.87. The van der Waals surface area contributed by atoms with Gasteiger partial charge in [0, 0.05) is 25.6 Å². The van der Waals surface area contributed by atoms with Gasteiger partial charge in [0.15, 0.2) is 0 Å². The molecule has 0 saturated carbocycles. The topological polar surface area (TPSA) is 66.0 Å². The van der Waals surface area contributed by atoms with Gasteiger partial charge in [-0.2, -0.15) is 5.10 Å². The van der Waals surface area contributed by atoms with E-state index >= 15 is 0 Å². The van der Waals surface area contributed by atoms with Crippen molar-refractivity contribution in [3.05, 3.63) is 12.2 Å². The van der Waals surface area contributed by atoms with Crippen molar-refractivity contribution in [3.8, 4) is 0 Å². The van der Waals surface area contributed by atoms with Crippen molar-refractivity contribution >= 4 is 0 Å². The van der Waals surface area contributed by atoms with Crippen molar-refractivity contribution in [3.63, 3.8) is 0 Å². The number of ether oxygens (including phenoxy) is 1. The predicted molar refractivity (Wildman–Crippen MR) is 67.8 cm³/mol. The second-order valence-corrected chi connectivity index (χ2v) is 5.35. The van der Waals surface area contributed by atoms with Gasteiger partial charge in [-0.05, 0) is 34.1 Å². The lowest BCUT2D eigenvalue weighted by Crippen LogP contribution is -2.35. The van der Waals surface area contributed by atoms with Crippen molar-refractivity contribution in [1.82, 2.24) is 14.8 Å². The Bertz CT molecular complexity index is 346. The summed E-state index contributed by atoms with van der Waals surface area (Å²) >= 11 is 0. The Kier molecular flexibility index (Phi) is 4.65. The van der Waals surface area contributed by atoms with Gasteiger partial charge in [0.05, 0.1) is 5.60 Å². The van der Waals surface area contributed by atoms with E-state index in [0.717, 1.165) is 18.7 Å². The fourth-order valence-electron chi connectivity index (χ4n) is 1.87. The summed E-state index contributed by atoms with van der Waals surface area (Å²) in [7, 11) is 1.71. The molecule has 0 aromatic carbocycles. The summed E-state index contributed by atoms with van der Waals surface area (Å²) in [6.07, 6.45) is 3.11. The molecule has 17 heavy (non-hydrogen) atoms. The van der Waals surface area contributed by atoms with Gasteiger partial charge < -0.3 is 10.5 Å². The molecule has 1 unspecified atom stereocenters. The van der Waals surface area contributed by atoms with Gasteiger partial charge in [0.1, 0.15) is 12.2 Å². The number of hydrogen-bond donors (Lipinski definition) is 1. The van der Waals surface area contributed by atoms with Crippen LogP contribution in [0.5, 0.6) is 0 Å². The molecule has 0 aliphatic carbocycles. The summed E-state index contributed by atoms with van der Waals surface area (Å²) in [5.74, 6) is 0.944. The van der Waals surface area contributed by atoms with Gasteiger partial charge in [-0.3, -0.25) is 0 Å². The molecule has 98 valence electrons. The molecule has 1 heterocycles. The SMILES string of the molecule is COC(C)(C)CC(N)Cc1ncnn1C(C)C. The van der Waals surface area contributed by atoms with Crippen LogP contribution in [0, 0.1) is 0 Å². The zero-order valence-corrected chi connectivity index (χ0v) is 11.5. The Balaban J connectivity index is 2.62. The van der Waals surface area contributed by atoms with Crippen molar-refractivity contribution < 1.29 is 4.74 Å². The second-order valence-electron chi connectivity index (χ2n) is 5.35. The number of rotatable bonds is 6. The van der Waals surface area contributed by atoms with Crippen LogP contribution in [0.25, 0.3) is 0 Å². The van der Waals surface area contributed by atoms with Crippen LogP contribution >= 0.6 is 0 Å². The lowest BCUT2D eigenvalue weighted by atomic mass is 9.97. The maximum absolute atomic E-state index is 6.13. The highest BCUT2D eigenvalue weighted by atomic mass is 16.5. The van der Waals surface area contributed by atoms with Crippen molar-refractivity contribution in [2.24, 2.45) is 5.73 Å². The van der Waals surface area contributed by atoms with E-state index in [1.54, 1.807) is 13.4 Å². The van der Waals surface area contributed by atoms with Crippen LogP contribution in [-0.2, 0) is 11.2 Å². The van der Waals surface area contributed by atoms with Gasteiger partial charge in [-0.1, -0.05) is 0 Å². The van der Waals surface area contributed by atoms with Crippen LogP contribution in [0.4, 0.5) is 0 Å². The van der Waals surface area contributed by atoms with E-state index in [2.05, 4.69) is 23.9 Å². The molecule has 0 spiro atoms. The standard InChI is InChI=1S/C12H24N4O/c1-9(2)16-11(14-8-15-16)6-10(13)7-12(3,4)17-5/h8-10H,6-7,13H2,1-5H3. The smallest absolute Gasteiger partial charge is 0.138 e. The first-order valence-electron chi connectivity index (χ1n) is 6.05. The maximum atomic E-state index is 6.13. The molecule has 5 heteroatoms. The van der Waals surface area contributed by atoms with Gasteiger partial charge >= 0.3 is 0 Å². The van der Waals surface area contributed by atoms with Crippen LogP contribution in [0.2, 0.25) is 0 Å². The summed E-state index contributed by atoms with van der Waals surface area (Å²) in [6, 6.07) is 0.349. The molecule has 0 amide bonds. The van der Waals surface area contributed by atoms with E-state index in [1.807, 2.05) is 18.5 Å². The maximum Gasteiger partial charge on any atom is 0.138 e. The van der Waals surface area contributed by atoms with E-state index in [1.165, 1.54) is 0 Å². The molecule has 0 fully saturated rings. The average molecular weight is 240 g/mol. The van der Waals surface area contributed by atoms with E-state index in [9.17, 15) is 0 Å². The Labute approximate surface area is 103 Å². The Morgan fingerprint density at radius 3 is 2.65 bits per heavy atom. The number of methoxy groups -OCH3 is 1. The fraction of sp³-hybridized carbons (Fsp3) is 0.833. The van der Waals surface area contributed by atoms with Gasteiger partial charge in [0.25, 0.3) is 0 Å². The molecular weight excluding hydrogens is 216 g/mol. The lowest BCUT2D eigenvalue weighted by Gasteiger charge is -2.26. The van der Waals surface area contributed by atoms with Crippen molar-refractivity contribution in [2.45, 2.75) is 58.2 Å². The van der Waals surface area contributed by atoms with Crippen molar-refractivity contribution in [2.75, 3.05) is 7.11 Å². The third-order valence-corrected chi connectivity index (χ3v) is 2.89. The van der Waals surface area contributed by atoms with E-state index in [0.29, 0.717) is 6.04 Å². The monoisotopic (exact) mass is 240 g/mol. The highest BCUT2D eigenvalue weighted by Gasteiger charge is 2.22. The van der Waals surface area contributed by atoms with Crippen LogP contribution in [-0.4, -0.2) is 33.5 Å². The van der Waals surface area contributed by atoms with Crippen LogP contribution in [0.3, 0.4) is 0 Å². The van der Waals surface area contributed by atoms with Gasteiger partial charge in [-0.25, -0.2) is 9.67 Å². The number of nitrogens with two attached hydrogens (primary N) is 1. The van der Waals surface area contributed by atoms with E-state index < -0.39 is 0 Å². The molecule has 1 atom stereocenters. The lowest BCUT2D eigenvalue weighted by molar-refractivity contribution is 0.00999. The molecule has 0 radical (unpaired) electrons. The third kappa shape index (κ3) is 4.09. The highest BCUT2D eigenvalue weighted by molar-refractivity contribution is 4.92. The Morgan fingerprint density at radius 1 is 1.47 bits per heavy atom. The molecule has 2 N–H and O–H groups in total. The second kappa shape index (κ2) is 5.60. The molecule has 0 aliphatic rings. The minimum atomic E-state index is -0.192. The zero-order chi connectivity index (χ0) is 13.1. The van der Waals surface area contributed by atoms with E-state index in [4.69, 9.17) is 10.5 Å². The quantitative estimate of drug-likeness (QED) is 0.819. The largest absolute Gasteiger partial charge is 0.379 e. The highest BCUT2D eigenvalue weighted by Crippen LogP contribution is 2.17. The summed E-state index contributed by atoms with van der Waals surface area (Å²) in [6.45, 7) is 8.26. The molecule has 1 rings (SSSR count). The van der Waals surface area contributed by atoms with Crippen LogP contribution in [0.1, 0.15) is 46.0 Å². The third-order valence-electron chi connectivity index (χ3n) is 2.89. The van der Waals surface area contributed by atoms with Gasteiger partial charge in [-0.15, -0.1) is 0 Å². The number of hydrogen-bond acceptors (Lipinski definition) is 4. The first-order chi connectivity index (χ1) is 7.85. The first kappa shape index (κ1) is 14.1. The molecular formula is C12H24N4O. The van der Waals surface area contributed by atoms with Crippen LogP contribution in [0.15, 0.2) is 6.33 Å². The number of nitrogens with zero attached hydrogens (tertiary/aromatic N) is 3. The Hall–Kier alpha value is -0.940. The molecule has 0 saturated heterocycles. The molecule has 0 aliphatic heterocycles. The minimum absolute atomic E-state index is 0.0339. The normalized spacial score (nSPS) is 14.3. The average Bonchev–Trinajstić information content (AvgIpc) is 2.65. The van der Waals surface area contributed by atoms with E-state index in [-0.39, 0.29) is 11.6 Å². The van der Waals surface area contributed by atoms with Gasteiger partial charge in [0.2, 0.25) is 0 Å². The zero-order valence-electron chi connectivity index (χ0n) is 11.5. The summed E-state index contributed by atoms with van der Waals surface area (Å²) in [5, 5.41) is 4.20. The minimum Gasteiger partial charge on any atom is -0.379 e. The van der Waals surface area contributed by atoms with Crippen LogP contribution < -0.4 is 5.73 Å².